The van der Waals surface area contributed by atoms with E-state index in [4.69, 9.17) is 10.5 Å². The quantitative estimate of drug-likeness (QED) is 0.785. The lowest BCUT2D eigenvalue weighted by molar-refractivity contribution is 0.117. The molecule has 0 aliphatic carbocycles. The zero-order valence-electron chi connectivity index (χ0n) is 12.4. The van der Waals surface area contributed by atoms with E-state index in [0.29, 0.717) is 25.7 Å². The lowest BCUT2D eigenvalue weighted by atomic mass is 10.1. The molecule has 1 fully saturated rings. The van der Waals surface area contributed by atoms with Gasteiger partial charge in [0.05, 0.1) is 6.61 Å². The maximum absolute atomic E-state index is 13.0. The smallest absolute Gasteiger partial charge is 0.159 e. The second-order valence-corrected chi connectivity index (χ2v) is 5.64. The number of nitrogens with zero attached hydrogens (tertiary/aromatic N) is 1. The van der Waals surface area contributed by atoms with Crippen molar-refractivity contribution in [1.29, 1.82) is 0 Å². The van der Waals surface area contributed by atoms with Gasteiger partial charge in [0, 0.05) is 19.2 Å². The molecule has 2 N–H and O–H groups in total. The highest BCUT2D eigenvalue weighted by Gasteiger charge is 2.14. The normalized spacial score (nSPS) is 17.3. The topological polar surface area (TPSA) is 38.5 Å². The molecule has 21 heavy (non-hydrogen) atoms. The van der Waals surface area contributed by atoms with Gasteiger partial charge in [-0.05, 0) is 56.5 Å². The minimum atomic E-state index is -0.805. The van der Waals surface area contributed by atoms with Crippen LogP contribution in [0.2, 0.25) is 0 Å². The molecule has 118 valence electrons. The summed E-state index contributed by atoms with van der Waals surface area (Å²) in [6, 6.07) is 4.36. The van der Waals surface area contributed by atoms with Crippen molar-refractivity contribution >= 4 is 0 Å². The molecule has 1 saturated heterocycles. The molecule has 0 spiro atoms. The maximum Gasteiger partial charge on any atom is 0.159 e. The van der Waals surface area contributed by atoms with Crippen molar-refractivity contribution in [3.8, 4) is 0 Å². The fourth-order valence-electron chi connectivity index (χ4n) is 2.55. The van der Waals surface area contributed by atoms with Crippen molar-refractivity contribution in [2.45, 2.75) is 31.7 Å². The summed E-state index contributed by atoms with van der Waals surface area (Å²) in [5.74, 6) is -1.60. The van der Waals surface area contributed by atoms with E-state index in [1.165, 1.54) is 6.07 Å². The number of halogens is 2. The molecule has 1 heterocycles. The Morgan fingerprint density at radius 1 is 1.14 bits per heavy atom. The molecule has 0 atom stereocenters. The molecular weight excluding hydrogens is 274 g/mol. The van der Waals surface area contributed by atoms with Crippen molar-refractivity contribution < 1.29 is 13.5 Å². The van der Waals surface area contributed by atoms with Crippen LogP contribution >= 0.6 is 0 Å². The van der Waals surface area contributed by atoms with Crippen molar-refractivity contribution in [3.05, 3.63) is 35.4 Å². The van der Waals surface area contributed by atoms with Crippen LogP contribution in [-0.4, -0.2) is 43.8 Å². The molecule has 0 radical (unpaired) electrons. The van der Waals surface area contributed by atoms with Crippen molar-refractivity contribution in [2.24, 2.45) is 5.73 Å². The first kappa shape index (κ1) is 16.3. The molecule has 1 aromatic carbocycles. The zero-order chi connectivity index (χ0) is 15.1. The van der Waals surface area contributed by atoms with Gasteiger partial charge >= 0.3 is 0 Å². The van der Waals surface area contributed by atoms with Crippen LogP contribution in [0.5, 0.6) is 0 Å². The molecule has 3 nitrogen and oxygen atoms in total. The Hall–Kier alpha value is -1.04. The van der Waals surface area contributed by atoms with Crippen molar-refractivity contribution in [3.63, 3.8) is 0 Å². The average Bonchev–Trinajstić information content (AvgIpc) is 2.48. The van der Waals surface area contributed by atoms with Crippen LogP contribution in [-0.2, 0) is 11.2 Å². The highest BCUT2D eigenvalue weighted by molar-refractivity contribution is 5.17. The van der Waals surface area contributed by atoms with Crippen molar-refractivity contribution in [1.82, 2.24) is 4.90 Å². The van der Waals surface area contributed by atoms with Gasteiger partial charge < -0.3 is 15.4 Å². The standard InChI is InChI=1S/C16H24F2N2O/c17-15-3-2-13(12-16(15)18)6-11-21-10-1-7-20-8-4-14(19)5-9-20/h2-3,12,14H,1,4-11,19H2. The van der Waals surface area contributed by atoms with Gasteiger partial charge in [-0.1, -0.05) is 6.07 Å². The first-order valence-corrected chi connectivity index (χ1v) is 7.65. The number of ether oxygens (including phenoxy) is 1. The molecule has 1 aliphatic rings. The Balaban J connectivity index is 1.53. The molecule has 5 heteroatoms. The first-order valence-electron chi connectivity index (χ1n) is 7.65. The third kappa shape index (κ3) is 5.69. The second-order valence-electron chi connectivity index (χ2n) is 5.64. The van der Waals surface area contributed by atoms with Crippen LogP contribution in [0.25, 0.3) is 0 Å². The summed E-state index contributed by atoms with van der Waals surface area (Å²) >= 11 is 0. The van der Waals surface area contributed by atoms with E-state index < -0.39 is 11.6 Å². The molecule has 2 rings (SSSR count). The molecule has 1 aromatic rings. The van der Waals surface area contributed by atoms with Crippen molar-refractivity contribution in [2.75, 3.05) is 32.8 Å². The van der Waals surface area contributed by atoms with Crippen LogP contribution in [0, 0.1) is 11.6 Å². The second kappa shape index (κ2) is 8.41. The van der Waals surface area contributed by atoms with Gasteiger partial charge in [-0.3, -0.25) is 0 Å². The van der Waals surface area contributed by atoms with Gasteiger partial charge in [0.25, 0.3) is 0 Å². The molecule has 0 unspecified atom stereocenters. The number of rotatable bonds is 7. The summed E-state index contributed by atoms with van der Waals surface area (Å²) in [4.78, 5) is 2.42. The van der Waals surface area contributed by atoms with Gasteiger partial charge in [0.15, 0.2) is 11.6 Å². The number of nitrogens with two attached hydrogens (primary N) is 1. The maximum atomic E-state index is 13.0. The van der Waals surface area contributed by atoms with E-state index in [-0.39, 0.29) is 0 Å². The fourth-order valence-corrected chi connectivity index (χ4v) is 2.55. The van der Waals surface area contributed by atoms with Crippen LogP contribution in [0.1, 0.15) is 24.8 Å². The lowest BCUT2D eigenvalue weighted by Crippen LogP contribution is -2.40. The summed E-state index contributed by atoms with van der Waals surface area (Å²) in [6.45, 7) is 4.44. The summed E-state index contributed by atoms with van der Waals surface area (Å²) in [5.41, 5.74) is 6.63. The van der Waals surface area contributed by atoms with E-state index in [0.717, 1.165) is 50.5 Å². The minimum absolute atomic E-state index is 0.369. The Morgan fingerprint density at radius 2 is 1.90 bits per heavy atom. The number of likely N-dealkylation sites (tertiary alicyclic amines) is 1. The largest absolute Gasteiger partial charge is 0.381 e. The lowest BCUT2D eigenvalue weighted by Gasteiger charge is -2.29. The Morgan fingerprint density at radius 3 is 2.62 bits per heavy atom. The van der Waals surface area contributed by atoms with Crippen LogP contribution in [0.3, 0.4) is 0 Å². The van der Waals surface area contributed by atoms with E-state index in [2.05, 4.69) is 4.90 Å². The predicted octanol–water partition coefficient (Wildman–Crippen LogP) is 2.34. The first-order chi connectivity index (χ1) is 10.1. The highest BCUT2D eigenvalue weighted by Crippen LogP contribution is 2.10. The zero-order valence-corrected chi connectivity index (χ0v) is 12.4. The van der Waals surface area contributed by atoms with Gasteiger partial charge in [-0.2, -0.15) is 0 Å². The third-order valence-electron chi connectivity index (χ3n) is 3.91. The van der Waals surface area contributed by atoms with Gasteiger partial charge in [0.1, 0.15) is 0 Å². The van der Waals surface area contributed by atoms with E-state index in [9.17, 15) is 8.78 Å². The SMILES string of the molecule is NC1CCN(CCCOCCc2ccc(F)c(F)c2)CC1. The number of benzene rings is 1. The van der Waals surface area contributed by atoms with E-state index in [1.54, 1.807) is 6.07 Å². The number of hydrogen-bond acceptors (Lipinski definition) is 3. The molecule has 1 aliphatic heterocycles. The summed E-state index contributed by atoms with van der Waals surface area (Å²) in [7, 11) is 0. The molecule has 0 bridgehead atoms. The van der Waals surface area contributed by atoms with E-state index >= 15 is 0 Å². The summed E-state index contributed by atoms with van der Waals surface area (Å²) in [6.07, 6.45) is 3.76. The van der Waals surface area contributed by atoms with Gasteiger partial charge in [0.2, 0.25) is 0 Å². The van der Waals surface area contributed by atoms with E-state index in [1.807, 2.05) is 0 Å². The Kier molecular flexibility index (Phi) is 6.54. The fraction of sp³-hybridized carbons (Fsp3) is 0.625. The predicted molar refractivity (Wildman–Crippen MR) is 79.1 cm³/mol. The highest BCUT2D eigenvalue weighted by atomic mass is 19.2. The molecular formula is C16H24F2N2O. The number of piperidine rings is 1. The minimum Gasteiger partial charge on any atom is -0.381 e. The number of hydrogen-bond donors (Lipinski definition) is 1. The monoisotopic (exact) mass is 298 g/mol. The van der Waals surface area contributed by atoms with Gasteiger partial charge in [-0.15, -0.1) is 0 Å². The third-order valence-corrected chi connectivity index (χ3v) is 3.91. The van der Waals surface area contributed by atoms with Crippen LogP contribution in [0.15, 0.2) is 18.2 Å². The molecule has 0 saturated carbocycles. The summed E-state index contributed by atoms with van der Waals surface area (Å²) < 4.78 is 31.3. The Labute approximate surface area is 125 Å². The Bertz CT molecular complexity index is 434. The van der Waals surface area contributed by atoms with Crippen LogP contribution < -0.4 is 5.73 Å². The molecule has 0 amide bonds. The van der Waals surface area contributed by atoms with Crippen LogP contribution in [0.4, 0.5) is 8.78 Å². The molecule has 0 aromatic heterocycles. The average molecular weight is 298 g/mol. The summed E-state index contributed by atoms with van der Waals surface area (Å²) in [5, 5.41) is 0. The van der Waals surface area contributed by atoms with Gasteiger partial charge in [-0.25, -0.2) is 8.78 Å².